The number of amides is 1. The van der Waals surface area contributed by atoms with Crippen molar-refractivity contribution in [2.24, 2.45) is 0 Å². The summed E-state index contributed by atoms with van der Waals surface area (Å²) in [5, 5.41) is 6.92. The molecule has 0 aliphatic rings. The maximum absolute atomic E-state index is 12.9. The fourth-order valence-electron chi connectivity index (χ4n) is 3.08. The average molecular weight is 456 g/mol. The van der Waals surface area contributed by atoms with Crippen molar-refractivity contribution in [3.8, 4) is 0 Å². The first-order chi connectivity index (χ1) is 14.3. The smallest absolute Gasteiger partial charge is 0.325 e. The molecule has 0 unspecified atom stereocenters. The van der Waals surface area contributed by atoms with Crippen LogP contribution >= 0.6 is 11.6 Å². The van der Waals surface area contributed by atoms with E-state index in [9.17, 15) is 22.8 Å². The number of nitrogens with one attached hydrogen (secondary N) is 1. The molecule has 0 aliphatic heterocycles. The van der Waals surface area contributed by atoms with Gasteiger partial charge in [0.1, 0.15) is 11.2 Å². The number of carbonyl (C=O) groups is 1. The first-order valence-corrected chi connectivity index (χ1v) is 9.79. The normalized spacial score (nSPS) is 12.4. The van der Waals surface area contributed by atoms with Crippen molar-refractivity contribution in [3.63, 3.8) is 0 Å². The number of aromatic nitrogens is 4. The van der Waals surface area contributed by atoms with E-state index < -0.39 is 17.6 Å². The Morgan fingerprint density at radius 3 is 2.52 bits per heavy atom. The predicted molar refractivity (Wildman–Crippen MR) is 111 cm³/mol. The summed E-state index contributed by atoms with van der Waals surface area (Å²) in [5.74, 6) is -0.189. The number of carbonyl (C=O) groups excluding carboxylic acids is 1. The molecule has 2 aromatic heterocycles. The lowest BCUT2D eigenvalue weighted by molar-refractivity contribution is -0.137. The number of hydrogen-bond donors (Lipinski definition) is 1. The fourth-order valence-corrected chi connectivity index (χ4v) is 3.25. The third-order valence-electron chi connectivity index (χ3n) is 4.64. The minimum absolute atomic E-state index is 0.00326. The van der Waals surface area contributed by atoms with Gasteiger partial charge in [-0.2, -0.15) is 18.3 Å². The van der Waals surface area contributed by atoms with E-state index >= 15 is 0 Å². The molecule has 1 amide bonds. The molecule has 1 aromatic carbocycles. The Morgan fingerprint density at radius 1 is 1.23 bits per heavy atom. The Hall–Kier alpha value is -2.88. The van der Waals surface area contributed by atoms with Crippen molar-refractivity contribution < 1.29 is 18.0 Å². The van der Waals surface area contributed by atoms with Crippen molar-refractivity contribution in [2.75, 3.05) is 5.32 Å². The fraction of sp³-hybridized carbons (Fsp3) is 0.400. The summed E-state index contributed by atoms with van der Waals surface area (Å²) in [6, 6.07) is 2.67. The lowest BCUT2D eigenvalue weighted by Crippen LogP contribution is -2.28. The van der Waals surface area contributed by atoms with Gasteiger partial charge in [-0.05, 0) is 45.9 Å². The summed E-state index contributed by atoms with van der Waals surface area (Å²) in [6.45, 7) is 7.45. The number of anilines is 1. The number of fused-ring (bicyclic) bond motifs is 1. The van der Waals surface area contributed by atoms with Crippen molar-refractivity contribution in [3.05, 3.63) is 51.2 Å². The van der Waals surface area contributed by atoms with E-state index in [0.717, 1.165) is 18.2 Å². The van der Waals surface area contributed by atoms with Crippen molar-refractivity contribution in [1.82, 2.24) is 19.3 Å². The molecule has 3 aromatic rings. The minimum Gasteiger partial charge on any atom is -0.325 e. The van der Waals surface area contributed by atoms with Crippen LogP contribution in [0.5, 0.6) is 0 Å². The first kappa shape index (κ1) is 22.8. The number of nitrogens with zero attached hydrogens (tertiary/aromatic N) is 4. The van der Waals surface area contributed by atoms with Crippen molar-refractivity contribution in [2.45, 2.75) is 52.4 Å². The van der Waals surface area contributed by atoms with Crippen LogP contribution in [0.25, 0.3) is 11.0 Å². The van der Waals surface area contributed by atoms with Crippen LogP contribution in [0.15, 0.2) is 29.2 Å². The van der Waals surface area contributed by atoms with Crippen LogP contribution in [0.1, 0.15) is 38.6 Å². The molecule has 7 nitrogen and oxygen atoms in total. The Kier molecular flexibility index (Phi) is 5.88. The number of rotatable bonds is 4. The highest BCUT2D eigenvalue weighted by molar-refractivity contribution is 6.33. The molecule has 166 valence electrons. The summed E-state index contributed by atoms with van der Waals surface area (Å²) in [7, 11) is 0. The third-order valence-corrected chi connectivity index (χ3v) is 4.97. The SMILES string of the molecule is Cc1nc2c(cnn2C(C)(C)C)c(=O)n1CCC(=O)Nc1cc(C(F)(F)F)ccc1Cl. The second-order valence-corrected chi connectivity index (χ2v) is 8.48. The highest BCUT2D eigenvalue weighted by Gasteiger charge is 2.31. The van der Waals surface area contributed by atoms with Crippen LogP contribution in [-0.4, -0.2) is 25.2 Å². The van der Waals surface area contributed by atoms with Crippen LogP contribution < -0.4 is 10.9 Å². The van der Waals surface area contributed by atoms with E-state index in [-0.39, 0.29) is 34.8 Å². The second-order valence-electron chi connectivity index (χ2n) is 8.07. The van der Waals surface area contributed by atoms with Gasteiger partial charge in [-0.15, -0.1) is 0 Å². The van der Waals surface area contributed by atoms with Crippen molar-refractivity contribution >= 4 is 34.2 Å². The van der Waals surface area contributed by atoms with Crippen LogP contribution in [0, 0.1) is 6.92 Å². The Morgan fingerprint density at radius 2 is 1.90 bits per heavy atom. The van der Waals surface area contributed by atoms with Gasteiger partial charge in [0.25, 0.3) is 5.56 Å². The summed E-state index contributed by atoms with van der Waals surface area (Å²) >= 11 is 5.91. The maximum atomic E-state index is 12.9. The van der Waals surface area contributed by atoms with Gasteiger partial charge in [-0.1, -0.05) is 11.6 Å². The van der Waals surface area contributed by atoms with E-state index in [2.05, 4.69) is 15.4 Å². The zero-order chi connectivity index (χ0) is 23.1. The molecule has 0 aliphatic carbocycles. The van der Waals surface area contributed by atoms with Crippen molar-refractivity contribution in [1.29, 1.82) is 0 Å². The molecule has 2 heterocycles. The molecule has 0 saturated carbocycles. The molecule has 0 spiro atoms. The van der Waals surface area contributed by atoms with Crippen LogP contribution in [-0.2, 0) is 23.1 Å². The van der Waals surface area contributed by atoms with Crippen LogP contribution in [0.3, 0.4) is 0 Å². The predicted octanol–water partition coefficient (Wildman–Crippen LogP) is 4.36. The number of aryl methyl sites for hydroxylation is 1. The molecule has 1 N–H and O–H groups in total. The zero-order valence-electron chi connectivity index (χ0n) is 17.3. The molecular formula is C20H21ClF3N5O2. The lowest BCUT2D eigenvalue weighted by Gasteiger charge is -2.20. The van der Waals surface area contributed by atoms with Gasteiger partial charge >= 0.3 is 6.18 Å². The highest BCUT2D eigenvalue weighted by atomic mass is 35.5. The average Bonchev–Trinajstić information content (AvgIpc) is 3.06. The molecule has 31 heavy (non-hydrogen) atoms. The highest BCUT2D eigenvalue weighted by Crippen LogP contribution is 2.33. The standard InChI is InChI=1S/C20H21ClF3N5O2/c1-11-26-17-13(10-25-29(17)19(2,3)4)18(31)28(11)8-7-16(30)27-15-9-12(20(22,23)24)5-6-14(15)21/h5-6,9-10H,7-8H2,1-4H3,(H,27,30). The zero-order valence-corrected chi connectivity index (χ0v) is 18.1. The largest absolute Gasteiger partial charge is 0.416 e. The number of alkyl halides is 3. The Bertz CT molecular complexity index is 1210. The second kappa shape index (κ2) is 7.99. The molecule has 0 atom stereocenters. The number of halogens is 4. The topological polar surface area (TPSA) is 81.8 Å². The molecule has 0 saturated heterocycles. The third kappa shape index (κ3) is 4.73. The van der Waals surface area contributed by atoms with Gasteiger partial charge in [0.2, 0.25) is 5.91 Å². The van der Waals surface area contributed by atoms with Crippen LogP contribution in [0.2, 0.25) is 5.02 Å². The quantitative estimate of drug-likeness (QED) is 0.633. The van der Waals surface area contributed by atoms with Crippen LogP contribution in [0.4, 0.5) is 18.9 Å². The van der Waals surface area contributed by atoms with Gasteiger partial charge in [0, 0.05) is 13.0 Å². The van der Waals surface area contributed by atoms with E-state index in [1.54, 1.807) is 11.6 Å². The summed E-state index contributed by atoms with van der Waals surface area (Å²) < 4.78 is 41.7. The molecule has 0 bridgehead atoms. The summed E-state index contributed by atoms with van der Waals surface area (Å²) in [5.41, 5.74) is -1.34. The minimum atomic E-state index is -4.56. The van der Waals surface area contributed by atoms with E-state index in [1.807, 2.05) is 20.8 Å². The molecular weight excluding hydrogens is 435 g/mol. The van der Waals surface area contributed by atoms with E-state index in [0.29, 0.717) is 16.9 Å². The molecule has 0 fully saturated rings. The van der Waals surface area contributed by atoms with Gasteiger partial charge in [0.15, 0.2) is 5.65 Å². The summed E-state index contributed by atoms with van der Waals surface area (Å²) in [4.78, 5) is 29.6. The molecule has 0 radical (unpaired) electrons. The van der Waals surface area contributed by atoms with Gasteiger partial charge in [-0.25, -0.2) is 9.67 Å². The monoisotopic (exact) mass is 455 g/mol. The first-order valence-electron chi connectivity index (χ1n) is 9.41. The van der Waals surface area contributed by atoms with Gasteiger partial charge in [0.05, 0.1) is 28.0 Å². The maximum Gasteiger partial charge on any atom is 0.416 e. The summed E-state index contributed by atoms with van der Waals surface area (Å²) in [6.07, 6.45) is -3.28. The lowest BCUT2D eigenvalue weighted by atomic mass is 10.1. The Balaban J connectivity index is 1.81. The Labute approximate surface area is 180 Å². The van der Waals surface area contributed by atoms with Gasteiger partial charge < -0.3 is 5.32 Å². The number of benzene rings is 1. The number of hydrogen-bond acceptors (Lipinski definition) is 4. The molecule has 11 heteroatoms. The van der Waals surface area contributed by atoms with Gasteiger partial charge in [-0.3, -0.25) is 14.2 Å². The van der Waals surface area contributed by atoms with E-state index in [4.69, 9.17) is 11.6 Å². The van der Waals surface area contributed by atoms with E-state index in [1.165, 1.54) is 10.8 Å². The molecule has 3 rings (SSSR count).